The van der Waals surface area contributed by atoms with E-state index in [2.05, 4.69) is 36.2 Å². The van der Waals surface area contributed by atoms with Crippen molar-refractivity contribution in [1.82, 2.24) is 9.88 Å². The Morgan fingerprint density at radius 1 is 1.15 bits per heavy atom. The van der Waals surface area contributed by atoms with E-state index in [1.807, 2.05) is 25.2 Å². The Hall–Kier alpha value is -2.16. The second kappa shape index (κ2) is 6.85. The summed E-state index contributed by atoms with van der Waals surface area (Å²) >= 11 is 0. The molecule has 104 valence electrons. The molecule has 0 aliphatic rings. The van der Waals surface area contributed by atoms with Gasteiger partial charge in [-0.15, -0.1) is 0 Å². The van der Waals surface area contributed by atoms with Crippen LogP contribution in [0.4, 0.5) is 0 Å². The summed E-state index contributed by atoms with van der Waals surface area (Å²) in [5.74, 6) is 0.149. The van der Waals surface area contributed by atoms with Crippen LogP contribution in [0.2, 0.25) is 0 Å². The third kappa shape index (κ3) is 4.19. The molecule has 0 N–H and O–H groups in total. The van der Waals surface area contributed by atoms with Gasteiger partial charge in [0.1, 0.15) is 0 Å². The van der Waals surface area contributed by atoms with E-state index in [0.29, 0.717) is 13.0 Å². The Bertz CT molecular complexity index is 549. The van der Waals surface area contributed by atoms with E-state index >= 15 is 0 Å². The average Bonchev–Trinajstić information content (AvgIpc) is 2.47. The lowest BCUT2D eigenvalue weighted by atomic mass is 10.1. The Labute approximate surface area is 120 Å². The molecule has 0 aliphatic heterocycles. The van der Waals surface area contributed by atoms with Crippen molar-refractivity contribution in [3.8, 4) is 0 Å². The molecule has 1 aromatic carbocycles. The molecule has 2 aromatic rings. The van der Waals surface area contributed by atoms with Crippen molar-refractivity contribution in [1.29, 1.82) is 0 Å². The zero-order valence-corrected chi connectivity index (χ0v) is 12.0. The van der Waals surface area contributed by atoms with Crippen molar-refractivity contribution < 1.29 is 4.79 Å². The fraction of sp³-hybridized carbons (Fsp3) is 0.294. The molecule has 0 bridgehead atoms. The smallest absolute Gasteiger partial charge is 0.222 e. The summed E-state index contributed by atoms with van der Waals surface area (Å²) < 4.78 is 0. The Balaban J connectivity index is 1.83. The molecule has 1 heterocycles. The maximum absolute atomic E-state index is 12.1. The SMILES string of the molecule is Cc1ccc(CCC(=O)N(C)Cc2ccccn2)cc1. The highest BCUT2D eigenvalue weighted by Crippen LogP contribution is 2.08. The van der Waals surface area contributed by atoms with Crippen molar-refractivity contribution in [2.75, 3.05) is 7.05 Å². The molecule has 1 aromatic heterocycles. The van der Waals surface area contributed by atoms with E-state index in [-0.39, 0.29) is 5.91 Å². The number of aromatic nitrogens is 1. The van der Waals surface area contributed by atoms with Gasteiger partial charge in [0.15, 0.2) is 0 Å². The quantitative estimate of drug-likeness (QED) is 0.835. The molecule has 3 nitrogen and oxygen atoms in total. The second-order valence-electron chi connectivity index (χ2n) is 5.06. The van der Waals surface area contributed by atoms with Crippen LogP contribution in [-0.4, -0.2) is 22.8 Å². The zero-order chi connectivity index (χ0) is 14.4. The number of hydrogen-bond donors (Lipinski definition) is 0. The van der Waals surface area contributed by atoms with Crippen molar-refractivity contribution >= 4 is 5.91 Å². The standard InChI is InChI=1S/C17H20N2O/c1-14-6-8-15(9-7-14)10-11-17(20)19(2)13-16-5-3-4-12-18-16/h3-9,12H,10-11,13H2,1-2H3. The first-order valence-corrected chi connectivity index (χ1v) is 6.84. The van der Waals surface area contributed by atoms with E-state index in [1.165, 1.54) is 11.1 Å². The molecule has 2 rings (SSSR count). The molecule has 1 amide bonds. The summed E-state index contributed by atoms with van der Waals surface area (Å²) in [4.78, 5) is 18.1. The van der Waals surface area contributed by atoms with Gasteiger partial charge in [-0.05, 0) is 31.0 Å². The van der Waals surface area contributed by atoms with Gasteiger partial charge in [0.05, 0.1) is 12.2 Å². The molecule has 0 fully saturated rings. The van der Waals surface area contributed by atoms with Gasteiger partial charge in [0.2, 0.25) is 5.91 Å². The number of benzene rings is 1. The van der Waals surface area contributed by atoms with Crippen LogP contribution in [0.25, 0.3) is 0 Å². The molecule has 3 heteroatoms. The van der Waals surface area contributed by atoms with E-state index < -0.39 is 0 Å². The first-order chi connectivity index (χ1) is 9.65. The fourth-order valence-electron chi connectivity index (χ4n) is 2.02. The number of carbonyl (C=O) groups excluding carboxylic acids is 1. The number of pyridine rings is 1. The maximum atomic E-state index is 12.1. The highest BCUT2D eigenvalue weighted by Gasteiger charge is 2.09. The summed E-state index contributed by atoms with van der Waals surface area (Å²) in [5, 5.41) is 0. The van der Waals surface area contributed by atoms with Crippen molar-refractivity contribution in [3.63, 3.8) is 0 Å². The van der Waals surface area contributed by atoms with Gasteiger partial charge in [-0.2, -0.15) is 0 Å². The number of amides is 1. The zero-order valence-electron chi connectivity index (χ0n) is 12.0. The first-order valence-electron chi connectivity index (χ1n) is 6.84. The number of aryl methyl sites for hydroxylation is 2. The predicted octanol–water partition coefficient (Wildman–Crippen LogP) is 2.98. The van der Waals surface area contributed by atoms with Gasteiger partial charge in [0.25, 0.3) is 0 Å². The maximum Gasteiger partial charge on any atom is 0.222 e. The van der Waals surface area contributed by atoms with E-state index in [0.717, 1.165) is 12.1 Å². The molecule has 0 atom stereocenters. The molecular formula is C17H20N2O. The minimum Gasteiger partial charge on any atom is -0.340 e. The highest BCUT2D eigenvalue weighted by atomic mass is 16.2. The van der Waals surface area contributed by atoms with Crippen LogP contribution < -0.4 is 0 Å². The minimum absolute atomic E-state index is 0.149. The molecule has 20 heavy (non-hydrogen) atoms. The van der Waals surface area contributed by atoms with Gasteiger partial charge in [-0.1, -0.05) is 35.9 Å². The molecule has 0 unspecified atom stereocenters. The van der Waals surface area contributed by atoms with Crippen LogP contribution in [0.3, 0.4) is 0 Å². The fourth-order valence-corrected chi connectivity index (χ4v) is 2.02. The number of rotatable bonds is 5. The van der Waals surface area contributed by atoms with Crippen LogP contribution in [0.1, 0.15) is 23.2 Å². The minimum atomic E-state index is 0.149. The van der Waals surface area contributed by atoms with Gasteiger partial charge >= 0.3 is 0 Å². The Morgan fingerprint density at radius 3 is 2.55 bits per heavy atom. The third-order valence-corrected chi connectivity index (χ3v) is 3.30. The Kier molecular flexibility index (Phi) is 4.88. The first kappa shape index (κ1) is 14.3. The number of hydrogen-bond acceptors (Lipinski definition) is 2. The molecule has 0 saturated heterocycles. The lowest BCUT2D eigenvalue weighted by molar-refractivity contribution is -0.130. The van der Waals surface area contributed by atoms with Gasteiger partial charge in [-0.3, -0.25) is 9.78 Å². The van der Waals surface area contributed by atoms with Crippen LogP contribution in [-0.2, 0) is 17.8 Å². The van der Waals surface area contributed by atoms with E-state index in [4.69, 9.17) is 0 Å². The molecular weight excluding hydrogens is 248 g/mol. The van der Waals surface area contributed by atoms with Crippen LogP contribution >= 0.6 is 0 Å². The highest BCUT2D eigenvalue weighted by molar-refractivity contribution is 5.76. The third-order valence-electron chi connectivity index (χ3n) is 3.30. The molecule has 0 radical (unpaired) electrons. The van der Waals surface area contributed by atoms with Crippen LogP contribution in [0.15, 0.2) is 48.7 Å². The van der Waals surface area contributed by atoms with Gasteiger partial charge < -0.3 is 4.90 Å². The number of nitrogens with zero attached hydrogens (tertiary/aromatic N) is 2. The monoisotopic (exact) mass is 268 g/mol. The summed E-state index contributed by atoms with van der Waals surface area (Å²) in [7, 11) is 1.83. The number of carbonyl (C=O) groups is 1. The second-order valence-corrected chi connectivity index (χ2v) is 5.06. The summed E-state index contributed by atoms with van der Waals surface area (Å²) in [5.41, 5.74) is 3.36. The Morgan fingerprint density at radius 2 is 1.90 bits per heavy atom. The van der Waals surface area contributed by atoms with Crippen LogP contribution in [0.5, 0.6) is 0 Å². The van der Waals surface area contributed by atoms with Gasteiger partial charge in [0, 0.05) is 19.7 Å². The van der Waals surface area contributed by atoms with E-state index in [1.54, 1.807) is 11.1 Å². The largest absolute Gasteiger partial charge is 0.340 e. The summed E-state index contributed by atoms with van der Waals surface area (Å²) in [6.07, 6.45) is 3.07. The topological polar surface area (TPSA) is 33.2 Å². The molecule has 0 saturated carbocycles. The molecule has 0 spiro atoms. The predicted molar refractivity (Wildman–Crippen MR) is 80.2 cm³/mol. The van der Waals surface area contributed by atoms with Crippen LogP contribution in [0, 0.1) is 6.92 Å². The molecule has 0 aliphatic carbocycles. The van der Waals surface area contributed by atoms with Gasteiger partial charge in [-0.25, -0.2) is 0 Å². The summed E-state index contributed by atoms with van der Waals surface area (Å²) in [6.45, 7) is 2.63. The summed E-state index contributed by atoms with van der Waals surface area (Å²) in [6, 6.07) is 14.1. The average molecular weight is 268 g/mol. The van der Waals surface area contributed by atoms with E-state index in [9.17, 15) is 4.79 Å². The lowest BCUT2D eigenvalue weighted by Gasteiger charge is -2.16. The lowest BCUT2D eigenvalue weighted by Crippen LogP contribution is -2.26. The normalized spacial score (nSPS) is 10.3. The van der Waals surface area contributed by atoms with Crippen molar-refractivity contribution in [2.24, 2.45) is 0 Å². The van der Waals surface area contributed by atoms with Crippen molar-refractivity contribution in [2.45, 2.75) is 26.3 Å². The van der Waals surface area contributed by atoms with Crippen molar-refractivity contribution in [3.05, 3.63) is 65.5 Å².